The Morgan fingerprint density at radius 2 is 2.12 bits per heavy atom. The van der Waals surface area contributed by atoms with E-state index in [9.17, 15) is 9.59 Å². The average Bonchev–Trinajstić information content (AvgIpc) is 3.34. The van der Waals surface area contributed by atoms with E-state index in [-0.39, 0.29) is 23.8 Å². The van der Waals surface area contributed by atoms with Crippen molar-refractivity contribution < 1.29 is 9.59 Å². The van der Waals surface area contributed by atoms with Crippen molar-refractivity contribution in [1.29, 1.82) is 0 Å². The Morgan fingerprint density at radius 1 is 1.40 bits per heavy atom. The number of aromatic nitrogens is 2. The number of imidazole rings is 1. The Labute approximate surface area is 150 Å². The maximum absolute atomic E-state index is 13.2. The molecule has 1 aromatic rings. The SMILES string of the molecule is CCC(C)CN(C)C(=O)[C@@H]1CCC(=O)N(C2CC2)[C@H]1c1cncn1C. The fraction of sp³-hybridized carbons (Fsp3) is 0.737. The zero-order valence-corrected chi connectivity index (χ0v) is 15.8. The van der Waals surface area contributed by atoms with Gasteiger partial charge in [-0.2, -0.15) is 0 Å². The lowest BCUT2D eigenvalue weighted by Crippen LogP contribution is -2.50. The molecule has 0 bridgehead atoms. The first-order valence-electron chi connectivity index (χ1n) is 9.46. The van der Waals surface area contributed by atoms with Gasteiger partial charge in [0.15, 0.2) is 0 Å². The number of amides is 2. The largest absolute Gasteiger partial charge is 0.345 e. The van der Waals surface area contributed by atoms with Crippen LogP contribution >= 0.6 is 0 Å². The minimum atomic E-state index is -0.187. The highest BCUT2D eigenvalue weighted by atomic mass is 16.2. The molecular weight excluding hydrogens is 316 g/mol. The van der Waals surface area contributed by atoms with Gasteiger partial charge in [0.05, 0.1) is 30.2 Å². The molecule has 3 rings (SSSR count). The van der Waals surface area contributed by atoms with Crippen molar-refractivity contribution in [2.24, 2.45) is 18.9 Å². The standard InChI is InChI=1S/C19H30N4O2/c1-5-13(2)11-21(3)19(25)15-8-9-17(24)23(14-6-7-14)18(15)16-10-20-12-22(16)4/h10,12-15,18H,5-9,11H2,1-4H3/t13?,15-,18-/m1/s1. The summed E-state index contributed by atoms with van der Waals surface area (Å²) in [6.07, 6.45) is 7.81. The zero-order valence-electron chi connectivity index (χ0n) is 15.8. The van der Waals surface area contributed by atoms with Crippen LogP contribution in [-0.4, -0.2) is 50.8 Å². The lowest BCUT2D eigenvalue weighted by atomic mass is 9.85. The van der Waals surface area contributed by atoms with Crippen LogP contribution in [0.1, 0.15) is 57.7 Å². The fourth-order valence-electron chi connectivity index (χ4n) is 3.93. The second-order valence-corrected chi connectivity index (χ2v) is 7.78. The molecule has 6 heteroatoms. The molecule has 2 fully saturated rings. The van der Waals surface area contributed by atoms with E-state index < -0.39 is 0 Å². The number of hydrogen-bond acceptors (Lipinski definition) is 3. The smallest absolute Gasteiger partial charge is 0.227 e. The van der Waals surface area contributed by atoms with Crippen LogP contribution in [-0.2, 0) is 16.6 Å². The van der Waals surface area contributed by atoms with Crippen LogP contribution in [0.5, 0.6) is 0 Å². The summed E-state index contributed by atoms with van der Waals surface area (Å²) in [5.74, 6) is 0.642. The summed E-state index contributed by atoms with van der Waals surface area (Å²) in [5, 5.41) is 0. The molecule has 1 saturated carbocycles. The molecule has 0 spiro atoms. The van der Waals surface area contributed by atoms with Gasteiger partial charge in [0.25, 0.3) is 0 Å². The second-order valence-electron chi connectivity index (χ2n) is 7.78. The Hall–Kier alpha value is -1.85. The highest BCUT2D eigenvalue weighted by Crippen LogP contribution is 2.43. The third-order valence-electron chi connectivity index (χ3n) is 5.71. The van der Waals surface area contributed by atoms with Gasteiger partial charge in [-0.25, -0.2) is 4.98 Å². The molecule has 2 aliphatic rings. The number of carbonyl (C=O) groups excluding carboxylic acids is 2. The Bertz CT molecular complexity index is 637. The van der Waals surface area contributed by atoms with Gasteiger partial charge in [-0.15, -0.1) is 0 Å². The van der Waals surface area contributed by atoms with E-state index in [4.69, 9.17) is 0 Å². The normalized spacial score (nSPS) is 25.1. The summed E-state index contributed by atoms with van der Waals surface area (Å²) in [6, 6.07) is 0.107. The number of carbonyl (C=O) groups is 2. The summed E-state index contributed by atoms with van der Waals surface area (Å²) >= 11 is 0. The van der Waals surface area contributed by atoms with E-state index in [1.54, 1.807) is 6.33 Å². The van der Waals surface area contributed by atoms with Crippen molar-refractivity contribution in [2.75, 3.05) is 13.6 Å². The van der Waals surface area contributed by atoms with Crippen molar-refractivity contribution >= 4 is 11.8 Å². The molecule has 138 valence electrons. The summed E-state index contributed by atoms with van der Waals surface area (Å²) in [4.78, 5) is 33.9. The predicted molar refractivity (Wildman–Crippen MR) is 95.6 cm³/mol. The van der Waals surface area contributed by atoms with E-state index >= 15 is 0 Å². The third kappa shape index (κ3) is 3.58. The quantitative estimate of drug-likeness (QED) is 0.794. The number of aryl methyl sites for hydroxylation is 1. The Morgan fingerprint density at radius 3 is 2.68 bits per heavy atom. The summed E-state index contributed by atoms with van der Waals surface area (Å²) < 4.78 is 1.95. The van der Waals surface area contributed by atoms with Crippen molar-refractivity contribution in [2.45, 2.75) is 58.0 Å². The van der Waals surface area contributed by atoms with Crippen LogP contribution in [0.15, 0.2) is 12.5 Å². The van der Waals surface area contributed by atoms with Gasteiger partial charge in [0.2, 0.25) is 11.8 Å². The Kier molecular flexibility index (Phi) is 5.16. The highest BCUT2D eigenvalue weighted by Gasteiger charge is 2.48. The summed E-state index contributed by atoms with van der Waals surface area (Å²) in [5.41, 5.74) is 0.968. The van der Waals surface area contributed by atoms with Crippen LogP contribution in [0.25, 0.3) is 0 Å². The molecule has 0 N–H and O–H groups in total. The number of hydrogen-bond donors (Lipinski definition) is 0. The number of likely N-dealkylation sites (tertiary alicyclic amines) is 1. The first-order chi connectivity index (χ1) is 11.9. The zero-order chi connectivity index (χ0) is 18.1. The van der Waals surface area contributed by atoms with Gasteiger partial charge in [-0.1, -0.05) is 20.3 Å². The average molecular weight is 346 g/mol. The van der Waals surface area contributed by atoms with Gasteiger partial charge in [0.1, 0.15) is 0 Å². The van der Waals surface area contributed by atoms with Crippen molar-refractivity contribution in [3.05, 3.63) is 18.2 Å². The van der Waals surface area contributed by atoms with Gasteiger partial charge < -0.3 is 14.4 Å². The molecule has 2 amide bonds. The third-order valence-corrected chi connectivity index (χ3v) is 5.71. The maximum atomic E-state index is 13.2. The Balaban J connectivity index is 1.89. The van der Waals surface area contributed by atoms with Gasteiger partial charge in [-0.3, -0.25) is 9.59 Å². The minimum absolute atomic E-state index is 0.157. The lowest BCUT2D eigenvalue weighted by molar-refractivity contribution is -0.148. The molecule has 0 aromatic carbocycles. The van der Waals surface area contributed by atoms with E-state index in [1.807, 2.05) is 34.7 Å². The molecular formula is C19H30N4O2. The monoisotopic (exact) mass is 346 g/mol. The van der Waals surface area contributed by atoms with Crippen LogP contribution in [0.4, 0.5) is 0 Å². The molecule has 0 radical (unpaired) electrons. The van der Waals surface area contributed by atoms with Crippen LogP contribution in [0.3, 0.4) is 0 Å². The fourth-order valence-corrected chi connectivity index (χ4v) is 3.93. The van der Waals surface area contributed by atoms with Crippen LogP contribution in [0, 0.1) is 11.8 Å². The number of rotatable bonds is 6. The van der Waals surface area contributed by atoms with Crippen LogP contribution in [0.2, 0.25) is 0 Å². The van der Waals surface area contributed by atoms with Crippen molar-refractivity contribution in [1.82, 2.24) is 19.4 Å². The van der Waals surface area contributed by atoms with E-state index in [0.29, 0.717) is 24.8 Å². The predicted octanol–water partition coefficient (Wildman–Crippen LogP) is 2.37. The summed E-state index contributed by atoms with van der Waals surface area (Å²) in [6.45, 7) is 5.08. The first kappa shape index (κ1) is 18.0. The lowest BCUT2D eigenvalue weighted by Gasteiger charge is -2.42. The highest BCUT2D eigenvalue weighted by molar-refractivity contribution is 5.85. The van der Waals surface area contributed by atoms with E-state index in [1.165, 1.54) is 0 Å². The molecule has 1 saturated heterocycles. The van der Waals surface area contributed by atoms with E-state index in [0.717, 1.165) is 31.5 Å². The second kappa shape index (κ2) is 7.18. The molecule has 3 atom stereocenters. The van der Waals surface area contributed by atoms with Crippen LogP contribution < -0.4 is 0 Å². The molecule has 25 heavy (non-hydrogen) atoms. The van der Waals surface area contributed by atoms with Gasteiger partial charge >= 0.3 is 0 Å². The maximum Gasteiger partial charge on any atom is 0.227 e. The minimum Gasteiger partial charge on any atom is -0.345 e. The molecule has 1 aromatic heterocycles. The first-order valence-corrected chi connectivity index (χ1v) is 9.46. The van der Waals surface area contributed by atoms with E-state index in [2.05, 4.69) is 18.8 Å². The topological polar surface area (TPSA) is 58.4 Å². The number of piperidine rings is 1. The molecule has 2 heterocycles. The molecule has 6 nitrogen and oxygen atoms in total. The molecule has 1 aliphatic heterocycles. The van der Waals surface area contributed by atoms with Crippen molar-refractivity contribution in [3.8, 4) is 0 Å². The molecule has 1 unspecified atom stereocenters. The number of nitrogens with zero attached hydrogens (tertiary/aromatic N) is 4. The van der Waals surface area contributed by atoms with Gasteiger partial charge in [0, 0.05) is 33.1 Å². The van der Waals surface area contributed by atoms with Crippen molar-refractivity contribution in [3.63, 3.8) is 0 Å². The summed E-state index contributed by atoms with van der Waals surface area (Å²) in [7, 11) is 3.84. The molecule has 1 aliphatic carbocycles. The van der Waals surface area contributed by atoms with Gasteiger partial charge in [-0.05, 0) is 25.2 Å².